The summed E-state index contributed by atoms with van der Waals surface area (Å²) in [5.41, 5.74) is 1.96. The molecule has 1 aliphatic heterocycles. The minimum Gasteiger partial charge on any atom is -0.467 e. The molecule has 1 aliphatic rings. The second-order valence-electron chi connectivity index (χ2n) is 6.84. The molecule has 1 fully saturated rings. The number of hydrogen-bond acceptors (Lipinski definition) is 6. The molecule has 0 unspecified atom stereocenters. The number of piperidine rings is 1. The van der Waals surface area contributed by atoms with Crippen LogP contribution in [0, 0.1) is 24.2 Å². The summed E-state index contributed by atoms with van der Waals surface area (Å²) in [6.07, 6.45) is 2.25. The lowest BCUT2D eigenvalue weighted by Crippen LogP contribution is -2.34. The molecule has 1 aromatic carbocycles. The third kappa shape index (κ3) is 5.17. The molecule has 1 amide bonds. The van der Waals surface area contributed by atoms with Crippen LogP contribution in [0.5, 0.6) is 5.88 Å². The number of ether oxygens (including phenoxy) is 1. The fraction of sp³-hybridized carbons (Fsp3) is 0.400. The predicted molar refractivity (Wildman–Crippen MR) is 103 cm³/mol. The Bertz CT molecular complexity index is 836. The maximum absolute atomic E-state index is 12.1. The van der Waals surface area contributed by atoms with Crippen LogP contribution in [0.4, 0.5) is 11.6 Å². The average molecular weight is 365 g/mol. The Kier molecular flexibility index (Phi) is 5.87. The van der Waals surface area contributed by atoms with Gasteiger partial charge in [-0.3, -0.25) is 4.79 Å². The molecule has 140 valence electrons. The molecule has 0 saturated carbocycles. The van der Waals surface area contributed by atoms with Gasteiger partial charge in [0.25, 0.3) is 5.91 Å². The number of hydrogen-bond donors (Lipinski definition) is 1. The molecule has 0 radical (unpaired) electrons. The topological polar surface area (TPSA) is 91.1 Å². The van der Waals surface area contributed by atoms with E-state index in [-0.39, 0.29) is 12.5 Å². The number of amides is 1. The summed E-state index contributed by atoms with van der Waals surface area (Å²) in [5.74, 6) is 1.49. The number of carbonyl (C=O) groups excluding carboxylic acids is 1. The highest BCUT2D eigenvalue weighted by Gasteiger charge is 2.19. The number of benzene rings is 1. The van der Waals surface area contributed by atoms with Crippen molar-refractivity contribution >= 4 is 17.5 Å². The lowest BCUT2D eigenvalue weighted by molar-refractivity contribution is -0.118. The fourth-order valence-electron chi connectivity index (χ4n) is 2.91. The molecule has 2 aromatic rings. The predicted octanol–water partition coefficient (Wildman–Crippen LogP) is 2.91. The summed E-state index contributed by atoms with van der Waals surface area (Å²) >= 11 is 0. The Hall–Kier alpha value is -3.14. The van der Waals surface area contributed by atoms with Gasteiger partial charge in [0, 0.05) is 30.5 Å². The van der Waals surface area contributed by atoms with Gasteiger partial charge in [0.15, 0.2) is 6.61 Å². The van der Waals surface area contributed by atoms with E-state index in [1.807, 2.05) is 13.0 Å². The molecular weight excluding hydrogens is 342 g/mol. The highest BCUT2D eigenvalue weighted by Crippen LogP contribution is 2.22. The van der Waals surface area contributed by atoms with Gasteiger partial charge in [0.1, 0.15) is 0 Å². The van der Waals surface area contributed by atoms with E-state index in [0.717, 1.165) is 37.5 Å². The van der Waals surface area contributed by atoms with Crippen LogP contribution in [-0.2, 0) is 4.79 Å². The van der Waals surface area contributed by atoms with E-state index in [1.54, 1.807) is 30.3 Å². The van der Waals surface area contributed by atoms with E-state index in [1.165, 1.54) is 0 Å². The van der Waals surface area contributed by atoms with Crippen molar-refractivity contribution in [1.29, 1.82) is 5.26 Å². The lowest BCUT2D eigenvalue weighted by Gasteiger charge is -2.30. The first-order valence-electron chi connectivity index (χ1n) is 9.07. The molecule has 1 aromatic heterocycles. The second-order valence-corrected chi connectivity index (χ2v) is 6.84. The smallest absolute Gasteiger partial charge is 0.262 e. The van der Waals surface area contributed by atoms with Crippen LogP contribution >= 0.6 is 0 Å². The molecule has 0 spiro atoms. The number of nitriles is 1. The van der Waals surface area contributed by atoms with Gasteiger partial charge in [-0.2, -0.15) is 10.2 Å². The Morgan fingerprint density at radius 3 is 2.67 bits per heavy atom. The van der Waals surface area contributed by atoms with Crippen molar-refractivity contribution in [3.63, 3.8) is 0 Å². The molecule has 0 aliphatic carbocycles. The maximum Gasteiger partial charge on any atom is 0.262 e. The van der Waals surface area contributed by atoms with Gasteiger partial charge in [-0.05, 0) is 49.9 Å². The van der Waals surface area contributed by atoms with Crippen molar-refractivity contribution in [1.82, 2.24) is 9.97 Å². The van der Waals surface area contributed by atoms with Crippen LogP contribution in [0.15, 0.2) is 30.3 Å². The van der Waals surface area contributed by atoms with Gasteiger partial charge in [-0.15, -0.1) is 0 Å². The number of nitrogens with one attached hydrogen (secondary N) is 1. The number of nitrogens with zero attached hydrogens (tertiary/aromatic N) is 4. The Morgan fingerprint density at radius 1 is 1.30 bits per heavy atom. The van der Waals surface area contributed by atoms with Crippen LogP contribution in [-0.4, -0.2) is 35.6 Å². The first-order valence-corrected chi connectivity index (χ1v) is 9.07. The fourth-order valence-corrected chi connectivity index (χ4v) is 2.91. The van der Waals surface area contributed by atoms with E-state index in [2.05, 4.69) is 27.1 Å². The van der Waals surface area contributed by atoms with E-state index in [9.17, 15) is 4.79 Å². The number of carbonyl (C=O) groups is 1. The van der Waals surface area contributed by atoms with Crippen molar-refractivity contribution < 1.29 is 9.53 Å². The summed E-state index contributed by atoms with van der Waals surface area (Å²) in [4.78, 5) is 23.2. The second kappa shape index (κ2) is 8.49. The Morgan fingerprint density at radius 2 is 2.00 bits per heavy atom. The zero-order valence-corrected chi connectivity index (χ0v) is 15.6. The van der Waals surface area contributed by atoms with Crippen LogP contribution in [0.25, 0.3) is 0 Å². The minimum atomic E-state index is -0.288. The van der Waals surface area contributed by atoms with Crippen LogP contribution < -0.4 is 15.0 Å². The van der Waals surface area contributed by atoms with Crippen molar-refractivity contribution in [2.24, 2.45) is 5.92 Å². The van der Waals surface area contributed by atoms with E-state index < -0.39 is 0 Å². The van der Waals surface area contributed by atoms with Gasteiger partial charge in [0.2, 0.25) is 11.8 Å². The number of aryl methyl sites for hydroxylation is 1. The number of rotatable bonds is 5. The highest BCUT2D eigenvalue weighted by atomic mass is 16.5. The van der Waals surface area contributed by atoms with Gasteiger partial charge < -0.3 is 15.0 Å². The van der Waals surface area contributed by atoms with Crippen LogP contribution in [0.3, 0.4) is 0 Å². The number of anilines is 2. The van der Waals surface area contributed by atoms with E-state index in [0.29, 0.717) is 23.1 Å². The first kappa shape index (κ1) is 18.6. The summed E-state index contributed by atoms with van der Waals surface area (Å²) in [7, 11) is 0. The zero-order chi connectivity index (χ0) is 19.2. The third-order valence-corrected chi connectivity index (χ3v) is 4.53. The summed E-state index contributed by atoms with van der Waals surface area (Å²) < 4.78 is 5.58. The summed E-state index contributed by atoms with van der Waals surface area (Å²) in [6.45, 7) is 5.87. The van der Waals surface area contributed by atoms with Gasteiger partial charge in [-0.25, -0.2) is 4.98 Å². The zero-order valence-electron chi connectivity index (χ0n) is 15.6. The SMILES string of the molecule is Cc1cc(OCC(=O)Nc2ccc(C#N)cc2)nc(N2CCC(C)CC2)n1. The molecule has 1 saturated heterocycles. The number of aromatic nitrogens is 2. The van der Waals surface area contributed by atoms with Gasteiger partial charge in [0.05, 0.1) is 11.6 Å². The Labute approximate surface area is 159 Å². The first-order chi connectivity index (χ1) is 13.0. The largest absolute Gasteiger partial charge is 0.467 e. The van der Waals surface area contributed by atoms with Crippen molar-refractivity contribution in [3.05, 3.63) is 41.6 Å². The van der Waals surface area contributed by atoms with Crippen molar-refractivity contribution in [2.45, 2.75) is 26.7 Å². The molecule has 0 bridgehead atoms. The molecular formula is C20H23N5O2. The normalized spacial score (nSPS) is 14.5. The maximum atomic E-state index is 12.1. The molecule has 7 nitrogen and oxygen atoms in total. The van der Waals surface area contributed by atoms with Gasteiger partial charge >= 0.3 is 0 Å². The molecule has 0 atom stereocenters. The minimum absolute atomic E-state index is 0.146. The Balaban J connectivity index is 1.58. The van der Waals surface area contributed by atoms with Gasteiger partial charge in [-0.1, -0.05) is 6.92 Å². The molecule has 1 N–H and O–H groups in total. The lowest BCUT2D eigenvalue weighted by atomic mass is 10.00. The van der Waals surface area contributed by atoms with E-state index >= 15 is 0 Å². The summed E-state index contributed by atoms with van der Waals surface area (Å²) in [6, 6.07) is 10.4. The monoisotopic (exact) mass is 365 g/mol. The van der Waals surface area contributed by atoms with Crippen molar-refractivity contribution in [2.75, 3.05) is 29.9 Å². The quantitative estimate of drug-likeness (QED) is 0.876. The highest BCUT2D eigenvalue weighted by molar-refractivity contribution is 5.91. The summed E-state index contributed by atoms with van der Waals surface area (Å²) in [5, 5.41) is 11.5. The van der Waals surface area contributed by atoms with Crippen molar-refractivity contribution in [3.8, 4) is 11.9 Å². The van der Waals surface area contributed by atoms with E-state index in [4.69, 9.17) is 10.00 Å². The standard InChI is InChI=1S/C20H23N5O2/c1-14-7-9-25(10-8-14)20-22-15(2)11-19(24-20)27-13-18(26)23-17-5-3-16(12-21)4-6-17/h3-6,11,14H,7-10,13H2,1-2H3,(H,23,26). The molecule has 27 heavy (non-hydrogen) atoms. The van der Waals surface area contributed by atoms with Crippen LogP contribution in [0.1, 0.15) is 31.0 Å². The molecule has 7 heteroatoms. The molecule has 2 heterocycles. The average Bonchev–Trinajstić information content (AvgIpc) is 2.67. The van der Waals surface area contributed by atoms with Crippen LogP contribution in [0.2, 0.25) is 0 Å². The third-order valence-electron chi connectivity index (χ3n) is 4.53. The molecule has 3 rings (SSSR count).